The Bertz CT molecular complexity index is 369. The number of halogens is 1. The smallest absolute Gasteiger partial charge is 0.0177 e. The first kappa shape index (κ1) is 16.7. The van der Waals surface area contributed by atoms with Gasteiger partial charge in [0.25, 0.3) is 0 Å². The Morgan fingerprint density at radius 2 is 1.89 bits per heavy atom. The molecule has 0 atom stereocenters. The monoisotopic (exact) mass is 325 g/mol. The highest BCUT2D eigenvalue weighted by Gasteiger charge is 2.26. The van der Waals surface area contributed by atoms with Gasteiger partial charge in [-0.05, 0) is 54.8 Å². The molecule has 1 nitrogen and oxygen atoms in total. The molecule has 0 aromatic heterocycles. The summed E-state index contributed by atoms with van der Waals surface area (Å²) < 4.78 is 1.18. The maximum Gasteiger partial charge on any atom is 0.0177 e. The maximum absolute atomic E-state index is 3.65. The number of nitrogens with one attached hydrogen (secondary N) is 1. The second-order valence-electron chi connectivity index (χ2n) is 6.04. The van der Waals surface area contributed by atoms with E-state index in [-0.39, 0.29) is 0 Å². The number of benzene rings is 1. The molecule has 1 N–H and O–H groups in total. The van der Waals surface area contributed by atoms with E-state index in [1.165, 1.54) is 22.9 Å². The van der Waals surface area contributed by atoms with Crippen molar-refractivity contribution < 1.29 is 0 Å². The molecule has 0 saturated carbocycles. The Hall–Kier alpha value is -0.340. The lowest BCUT2D eigenvalue weighted by Gasteiger charge is -2.33. The second-order valence-corrected chi connectivity index (χ2v) is 6.95. The van der Waals surface area contributed by atoms with E-state index in [1.54, 1.807) is 0 Å². The summed E-state index contributed by atoms with van der Waals surface area (Å²) in [5.41, 5.74) is 1.82. The minimum absolute atomic E-state index is 0.385. The zero-order chi connectivity index (χ0) is 14.3. The third-order valence-electron chi connectivity index (χ3n) is 4.02. The summed E-state index contributed by atoms with van der Waals surface area (Å²) in [6.07, 6.45) is 3.60. The molecule has 0 aliphatic heterocycles. The third-order valence-corrected chi connectivity index (χ3v) is 4.51. The lowest BCUT2D eigenvalue weighted by atomic mass is 9.77. The maximum atomic E-state index is 3.65. The van der Waals surface area contributed by atoms with E-state index in [4.69, 9.17) is 0 Å². The van der Waals surface area contributed by atoms with E-state index in [9.17, 15) is 0 Å². The normalized spacial score (nSPS) is 12.1. The standard InChI is InChI=1S/C17H28BrN/c1-5-17(6-2,13-19-12-14(3)4)11-15-8-7-9-16(18)10-15/h7-10,14,19H,5-6,11-13H2,1-4H3. The zero-order valence-corrected chi connectivity index (χ0v) is 14.4. The van der Waals surface area contributed by atoms with Crippen LogP contribution in [0.2, 0.25) is 0 Å². The van der Waals surface area contributed by atoms with Gasteiger partial charge in [-0.1, -0.05) is 55.8 Å². The van der Waals surface area contributed by atoms with Crippen molar-refractivity contribution in [3.63, 3.8) is 0 Å². The van der Waals surface area contributed by atoms with Crippen LogP contribution in [0.3, 0.4) is 0 Å². The lowest BCUT2D eigenvalue weighted by Crippen LogP contribution is -2.37. The zero-order valence-electron chi connectivity index (χ0n) is 12.8. The average Bonchev–Trinajstić information content (AvgIpc) is 2.37. The minimum atomic E-state index is 0.385. The van der Waals surface area contributed by atoms with Crippen LogP contribution in [0, 0.1) is 11.3 Å². The average molecular weight is 326 g/mol. The van der Waals surface area contributed by atoms with E-state index in [2.05, 4.69) is 73.2 Å². The molecule has 1 aromatic carbocycles. The van der Waals surface area contributed by atoms with E-state index in [0.717, 1.165) is 25.4 Å². The molecule has 0 fully saturated rings. The van der Waals surface area contributed by atoms with Crippen LogP contribution in [0.1, 0.15) is 46.1 Å². The fourth-order valence-electron chi connectivity index (χ4n) is 2.52. The summed E-state index contributed by atoms with van der Waals surface area (Å²) >= 11 is 3.57. The predicted octanol–water partition coefficient (Wildman–Crippen LogP) is 5.04. The van der Waals surface area contributed by atoms with Gasteiger partial charge in [0.2, 0.25) is 0 Å². The van der Waals surface area contributed by atoms with Crippen LogP contribution in [-0.2, 0) is 6.42 Å². The summed E-state index contributed by atoms with van der Waals surface area (Å²) in [6, 6.07) is 8.73. The molecule has 0 bridgehead atoms. The number of rotatable bonds is 8. The molecule has 108 valence electrons. The molecule has 2 heteroatoms. The largest absolute Gasteiger partial charge is 0.316 e. The summed E-state index contributed by atoms with van der Waals surface area (Å²) in [7, 11) is 0. The van der Waals surface area contributed by atoms with Crippen LogP contribution in [-0.4, -0.2) is 13.1 Å². The molecule has 0 amide bonds. The third kappa shape index (κ3) is 5.66. The number of hydrogen-bond donors (Lipinski definition) is 1. The van der Waals surface area contributed by atoms with Gasteiger partial charge >= 0.3 is 0 Å². The molecule has 0 aliphatic rings. The van der Waals surface area contributed by atoms with Crippen molar-refractivity contribution in [2.45, 2.75) is 47.0 Å². The Morgan fingerprint density at radius 3 is 2.42 bits per heavy atom. The van der Waals surface area contributed by atoms with Crippen LogP contribution >= 0.6 is 15.9 Å². The molecular weight excluding hydrogens is 298 g/mol. The van der Waals surface area contributed by atoms with Gasteiger partial charge in [0, 0.05) is 11.0 Å². The SMILES string of the molecule is CCC(CC)(CNCC(C)C)Cc1cccc(Br)c1. The van der Waals surface area contributed by atoms with E-state index in [1.807, 2.05) is 0 Å². The van der Waals surface area contributed by atoms with Crippen LogP contribution in [0.15, 0.2) is 28.7 Å². The van der Waals surface area contributed by atoms with Crippen LogP contribution in [0.25, 0.3) is 0 Å². The Kier molecular flexibility index (Phi) is 7.09. The predicted molar refractivity (Wildman–Crippen MR) is 88.6 cm³/mol. The first-order chi connectivity index (χ1) is 9.01. The van der Waals surface area contributed by atoms with Crippen molar-refractivity contribution in [2.24, 2.45) is 11.3 Å². The van der Waals surface area contributed by atoms with Gasteiger partial charge in [-0.15, -0.1) is 0 Å². The number of hydrogen-bond acceptors (Lipinski definition) is 1. The van der Waals surface area contributed by atoms with Crippen molar-refractivity contribution in [1.82, 2.24) is 5.32 Å². The van der Waals surface area contributed by atoms with Crippen LogP contribution in [0.5, 0.6) is 0 Å². The van der Waals surface area contributed by atoms with Crippen molar-refractivity contribution in [1.29, 1.82) is 0 Å². The molecule has 1 aromatic rings. The van der Waals surface area contributed by atoms with Gasteiger partial charge < -0.3 is 5.32 Å². The quantitative estimate of drug-likeness (QED) is 0.705. The van der Waals surface area contributed by atoms with E-state index in [0.29, 0.717) is 5.41 Å². The van der Waals surface area contributed by atoms with E-state index < -0.39 is 0 Å². The van der Waals surface area contributed by atoms with Crippen molar-refractivity contribution in [3.8, 4) is 0 Å². The van der Waals surface area contributed by atoms with Crippen LogP contribution < -0.4 is 5.32 Å². The van der Waals surface area contributed by atoms with Crippen molar-refractivity contribution in [2.75, 3.05) is 13.1 Å². The first-order valence-corrected chi connectivity index (χ1v) is 8.26. The highest BCUT2D eigenvalue weighted by molar-refractivity contribution is 9.10. The Morgan fingerprint density at radius 1 is 1.21 bits per heavy atom. The molecule has 0 spiro atoms. The molecule has 0 saturated heterocycles. The van der Waals surface area contributed by atoms with Crippen molar-refractivity contribution >= 4 is 15.9 Å². The minimum Gasteiger partial charge on any atom is -0.316 e. The highest BCUT2D eigenvalue weighted by atomic mass is 79.9. The fraction of sp³-hybridized carbons (Fsp3) is 0.647. The van der Waals surface area contributed by atoms with Gasteiger partial charge in [0.1, 0.15) is 0 Å². The molecular formula is C17H28BrN. The summed E-state index contributed by atoms with van der Waals surface area (Å²) in [4.78, 5) is 0. The van der Waals surface area contributed by atoms with Crippen molar-refractivity contribution in [3.05, 3.63) is 34.3 Å². The summed E-state index contributed by atoms with van der Waals surface area (Å²) in [6.45, 7) is 11.4. The highest BCUT2D eigenvalue weighted by Crippen LogP contribution is 2.31. The molecule has 0 radical (unpaired) electrons. The Labute approximate surface area is 127 Å². The molecule has 0 heterocycles. The molecule has 1 rings (SSSR count). The molecule has 19 heavy (non-hydrogen) atoms. The summed E-state index contributed by atoms with van der Waals surface area (Å²) in [5, 5.41) is 3.65. The van der Waals surface area contributed by atoms with Gasteiger partial charge in [-0.2, -0.15) is 0 Å². The molecule has 0 unspecified atom stereocenters. The molecule has 0 aliphatic carbocycles. The second kappa shape index (κ2) is 8.06. The van der Waals surface area contributed by atoms with Crippen LogP contribution in [0.4, 0.5) is 0 Å². The lowest BCUT2D eigenvalue weighted by molar-refractivity contribution is 0.243. The fourth-order valence-corrected chi connectivity index (χ4v) is 2.97. The van der Waals surface area contributed by atoms with Gasteiger partial charge in [-0.3, -0.25) is 0 Å². The first-order valence-electron chi connectivity index (χ1n) is 7.46. The Balaban J connectivity index is 2.69. The van der Waals surface area contributed by atoms with E-state index >= 15 is 0 Å². The van der Waals surface area contributed by atoms with Gasteiger partial charge in [0.15, 0.2) is 0 Å². The summed E-state index contributed by atoms with van der Waals surface area (Å²) in [5.74, 6) is 0.720. The van der Waals surface area contributed by atoms with Gasteiger partial charge in [0.05, 0.1) is 0 Å². The topological polar surface area (TPSA) is 12.0 Å². The van der Waals surface area contributed by atoms with Gasteiger partial charge in [-0.25, -0.2) is 0 Å².